The molecule has 0 spiro atoms. The molecule has 0 aromatic heterocycles. The molecule has 3 N–H and O–H groups in total. The molecule has 0 heterocycles. The van der Waals surface area contributed by atoms with Crippen LogP contribution in [0.2, 0.25) is 0 Å². The molecule has 0 radical (unpaired) electrons. The predicted molar refractivity (Wildman–Crippen MR) is 65.3 cm³/mol. The second-order valence-electron chi connectivity index (χ2n) is 3.46. The maximum Gasteiger partial charge on any atom is 0.241 e. The highest BCUT2D eigenvalue weighted by atomic mass is 32.2. The quantitative estimate of drug-likeness (QED) is 0.771. The Morgan fingerprint density at radius 3 is 2.62 bits per heavy atom. The van der Waals surface area contributed by atoms with Gasteiger partial charge < -0.3 is 11.1 Å². The SMILES string of the molecule is CS(=O)CCNC(=O)[C@H](N)c1ccccc1. The molecule has 4 nitrogen and oxygen atoms in total. The molecule has 0 bridgehead atoms. The summed E-state index contributed by atoms with van der Waals surface area (Å²) < 4.78 is 10.8. The number of carbonyl (C=O) groups is 1. The van der Waals surface area contributed by atoms with Crippen molar-refractivity contribution in [2.45, 2.75) is 6.04 Å². The van der Waals surface area contributed by atoms with Crippen LogP contribution < -0.4 is 11.1 Å². The smallest absolute Gasteiger partial charge is 0.241 e. The summed E-state index contributed by atoms with van der Waals surface area (Å²) in [7, 11) is -0.895. The summed E-state index contributed by atoms with van der Waals surface area (Å²) in [6, 6.07) is 8.50. The van der Waals surface area contributed by atoms with E-state index in [2.05, 4.69) is 5.32 Å². The number of hydrogen-bond donors (Lipinski definition) is 2. The first kappa shape index (κ1) is 12.9. The van der Waals surface area contributed by atoms with Crippen molar-refractivity contribution in [3.8, 4) is 0 Å². The third-order valence-corrected chi connectivity index (χ3v) is 2.91. The summed E-state index contributed by atoms with van der Waals surface area (Å²) in [4.78, 5) is 11.6. The van der Waals surface area contributed by atoms with Gasteiger partial charge in [0.1, 0.15) is 6.04 Å². The minimum absolute atomic E-state index is 0.239. The fourth-order valence-electron chi connectivity index (χ4n) is 1.24. The summed E-state index contributed by atoms with van der Waals surface area (Å²) in [5, 5.41) is 2.66. The number of nitrogens with one attached hydrogen (secondary N) is 1. The highest BCUT2D eigenvalue weighted by Crippen LogP contribution is 2.08. The fourth-order valence-corrected chi connectivity index (χ4v) is 1.63. The van der Waals surface area contributed by atoms with Crippen LogP contribution in [-0.4, -0.2) is 28.7 Å². The summed E-state index contributed by atoms with van der Waals surface area (Å²) >= 11 is 0. The number of hydrogen-bond acceptors (Lipinski definition) is 3. The Bertz CT molecular complexity index is 368. The Morgan fingerprint density at radius 1 is 1.44 bits per heavy atom. The van der Waals surface area contributed by atoms with Crippen molar-refractivity contribution in [2.24, 2.45) is 5.73 Å². The third kappa shape index (κ3) is 4.12. The molecule has 88 valence electrons. The number of amides is 1. The van der Waals surface area contributed by atoms with Crippen LogP contribution >= 0.6 is 0 Å². The molecule has 1 amide bonds. The summed E-state index contributed by atoms with van der Waals surface area (Å²) in [5.74, 6) is 0.212. The molecular weight excluding hydrogens is 224 g/mol. The Hall–Kier alpha value is -1.20. The van der Waals surface area contributed by atoms with Gasteiger partial charge in [0.25, 0.3) is 0 Å². The lowest BCUT2D eigenvalue weighted by molar-refractivity contribution is -0.122. The number of carbonyl (C=O) groups excluding carboxylic acids is 1. The molecule has 0 aliphatic heterocycles. The van der Waals surface area contributed by atoms with Gasteiger partial charge in [-0.05, 0) is 5.56 Å². The summed E-state index contributed by atoms with van der Waals surface area (Å²) in [5.41, 5.74) is 6.54. The first-order valence-electron chi connectivity index (χ1n) is 4.99. The average Bonchev–Trinajstić information content (AvgIpc) is 2.28. The van der Waals surface area contributed by atoms with E-state index >= 15 is 0 Å². The van der Waals surface area contributed by atoms with Gasteiger partial charge in [0.2, 0.25) is 5.91 Å². The minimum Gasteiger partial charge on any atom is -0.354 e. The Morgan fingerprint density at radius 2 is 2.06 bits per heavy atom. The van der Waals surface area contributed by atoms with Crippen LogP contribution in [0.5, 0.6) is 0 Å². The molecule has 0 saturated heterocycles. The zero-order valence-corrected chi connectivity index (χ0v) is 10.00. The molecule has 0 saturated carbocycles. The number of benzene rings is 1. The van der Waals surface area contributed by atoms with Crippen molar-refractivity contribution in [1.82, 2.24) is 5.32 Å². The molecule has 1 aromatic rings. The molecular formula is C11H16N2O2S. The van der Waals surface area contributed by atoms with Gasteiger partial charge >= 0.3 is 0 Å². The first-order valence-corrected chi connectivity index (χ1v) is 6.72. The number of rotatable bonds is 5. The van der Waals surface area contributed by atoms with E-state index in [4.69, 9.17) is 5.73 Å². The van der Waals surface area contributed by atoms with Crippen LogP contribution in [0.15, 0.2) is 30.3 Å². The average molecular weight is 240 g/mol. The predicted octanol–water partition coefficient (Wildman–Crippen LogP) is 0.181. The van der Waals surface area contributed by atoms with Gasteiger partial charge in [-0.25, -0.2) is 0 Å². The van der Waals surface area contributed by atoms with Crippen molar-refractivity contribution >= 4 is 16.7 Å². The van der Waals surface area contributed by atoms with Gasteiger partial charge in [0.15, 0.2) is 0 Å². The van der Waals surface area contributed by atoms with Gasteiger partial charge in [0, 0.05) is 29.4 Å². The zero-order valence-electron chi connectivity index (χ0n) is 9.18. The Balaban J connectivity index is 2.45. The second-order valence-corrected chi connectivity index (χ2v) is 5.01. The highest BCUT2D eigenvalue weighted by Gasteiger charge is 2.14. The second kappa shape index (κ2) is 6.40. The van der Waals surface area contributed by atoms with Crippen LogP contribution in [0.3, 0.4) is 0 Å². The highest BCUT2D eigenvalue weighted by molar-refractivity contribution is 7.84. The van der Waals surface area contributed by atoms with Gasteiger partial charge in [0.05, 0.1) is 0 Å². The molecule has 2 atom stereocenters. The van der Waals surface area contributed by atoms with Gasteiger partial charge in [-0.15, -0.1) is 0 Å². The minimum atomic E-state index is -0.895. The monoisotopic (exact) mass is 240 g/mol. The van der Waals surface area contributed by atoms with Crippen LogP contribution in [0.4, 0.5) is 0 Å². The summed E-state index contributed by atoms with van der Waals surface area (Å²) in [6.45, 7) is 0.391. The van der Waals surface area contributed by atoms with E-state index in [0.717, 1.165) is 5.56 Å². The molecule has 16 heavy (non-hydrogen) atoms. The molecule has 1 rings (SSSR count). The lowest BCUT2D eigenvalue weighted by atomic mass is 10.1. The Kier molecular flexibility index (Phi) is 5.14. The van der Waals surface area contributed by atoms with Crippen LogP contribution in [-0.2, 0) is 15.6 Å². The molecule has 0 fully saturated rings. The lowest BCUT2D eigenvalue weighted by Crippen LogP contribution is -2.36. The van der Waals surface area contributed by atoms with Crippen molar-refractivity contribution in [1.29, 1.82) is 0 Å². The largest absolute Gasteiger partial charge is 0.354 e. The molecule has 0 aliphatic rings. The van der Waals surface area contributed by atoms with Crippen LogP contribution in [0, 0.1) is 0 Å². The fraction of sp³-hybridized carbons (Fsp3) is 0.364. The number of nitrogens with two attached hydrogens (primary N) is 1. The molecule has 1 unspecified atom stereocenters. The van der Waals surface area contributed by atoms with E-state index in [1.807, 2.05) is 30.3 Å². The standard InChI is InChI=1S/C11H16N2O2S/c1-16(15)8-7-13-11(14)10(12)9-5-3-2-4-6-9/h2-6,10H,7-8,12H2,1H3,(H,13,14)/t10-,16?/m1/s1. The maximum atomic E-state index is 11.6. The maximum absolute atomic E-state index is 11.6. The lowest BCUT2D eigenvalue weighted by Gasteiger charge is -2.11. The van der Waals surface area contributed by atoms with Crippen molar-refractivity contribution < 1.29 is 9.00 Å². The topological polar surface area (TPSA) is 72.2 Å². The van der Waals surface area contributed by atoms with E-state index in [1.165, 1.54) is 0 Å². The first-order chi connectivity index (χ1) is 7.61. The molecule has 5 heteroatoms. The van der Waals surface area contributed by atoms with E-state index in [1.54, 1.807) is 6.26 Å². The summed E-state index contributed by atoms with van der Waals surface area (Å²) in [6.07, 6.45) is 1.60. The van der Waals surface area contributed by atoms with E-state index in [-0.39, 0.29) is 5.91 Å². The van der Waals surface area contributed by atoms with Crippen molar-refractivity contribution in [3.05, 3.63) is 35.9 Å². The molecule has 1 aromatic carbocycles. The van der Waals surface area contributed by atoms with E-state index in [0.29, 0.717) is 12.3 Å². The van der Waals surface area contributed by atoms with Crippen LogP contribution in [0.1, 0.15) is 11.6 Å². The van der Waals surface area contributed by atoms with Crippen molar-refractivity contribution in [2.75, 3.05) is 18.6 Å². The van der Waals surface area contributed by atoms with Gasteiger partial charge in [-0.2, -0.15) is 0 Å². The van der Waals surface area contributed by atoms with E-state index < -0.39 is 16.8 Å². The zero-order chi connectivity index (χ0) is 12.0. The Labute approximate surface area is 97.7 Å². The third-order valence-electron chi connectivity index (χ3n) is 2.13. The van der Waals surface area contributed by atoms with Crippen LogP contribution in [0.25, 0.3) is 0 Å². The normalized spacial score (nSPS) is 14.1. The van der Waals surface area contributed by atoms with E-state index in [9.17, 15) is 9.00 Å². The van der Waals surface area contributed by atoms with Gasteiger partial charge in [-0.3, -0.25) is 9.00 Å². The van der Waals surface area contributed by atoms with Gasteiger partial charge in [-0.1, -0.05) is 30.3 Å². The molecule has 0 aliphatic carbocycles. The van der Waals surface area contributed by atoms with Crippen molar-refractivity contribution in [3.63, 3.8) is 0 Å².